The Bertz CT molecular complexity index is 1180. The van der Waals surface area contributed by atoms with E-state index in [4.69, 9.17) is 4.74 Å². The average Bonchev–Trinajstić information content (AvgIpc) is 3.54. The molecule has 3 heterocycles. The molecule has 0 spiro atoms. The standard InChI is InChI=1S/C21H21F4N5O3/c1-11-17(19-28-7-13(12-2-3-12)9-30(19)29-11)20(32)26-4-5-33-10-16(31)18-15(22)6-14(8-27-18)21(23,24)25/h6-9,12,16,31H,2-5,10H2,1H3,(H,26,32)/t16-/m1/s1. The highest BCUT2D eigenvalue weighted by molar-refractivity contribution is 6.00. The van der Waals surface area contributed by atoms with E-state index in [2.05, 4.69) is 20.4 Å². The highest BCUT2D eigenvalue weighted by atomic mass is 19.4. The van der Waals surface area contributed by atoms with Crippen molar-refractivity contribution >= 4 is 11.6 Å². The van der Waals surface area contributed by atoms with E-state index in [9.17, 15) is 27.5 Å². The molecule has 0 aromatic carbocycles. The van der Waals surface area contributed by atoms with E-state index in [1.165, 1.54) is 0 Å². The number of ether oxygens (including phenoxy) is 1. The molecule has 176 valence electrons. The van der Waals surface area contributed by atoms with Crippen molar-refractivity contribution in [3.8, 4) is 0 Å². The Balaban J connectivity index is 1.28. The number of aromatic nitrogens is 4. The second kappa shape index (κ2) is 9.02. The van der Waals surface area contributed by atoms with Crippen molar-refractivity contribution in [3.63, 3.8) is 0 Å². The van der Waals surface area contributed by atoms with Gasteiger partial charge in [0.25, 0.3) is 5.91 Å². The summed E-state index contributed by atoms with van der Waals surface area (Å²) in [7, 11) is 0. The van der Waals surface area contributed by atoms with Crippen LogP contribution in [0.3, 0.4) is 0 Å². The molecule has 0 aliphatic heterocycles. The van der Waals surface area contributed by atoms with Gasteiger partial charge in [0.1, 0.15) is 23.2 Å². The van der Waals surface area contributed by atoms with Crippen LogP contribution in [0.2, 0.25) is 0 Å². The summed E-state index contributed by atoms with van der Waals surface area (Å²) in [5, 5.41) is 17.0. The predicted octanol–water partition coefficient (Wildman–Crippen LogP) is 2.95. The lowest BCUT2D eigenvalue weighted by Crippen LogP contribution is -2.28. The Hall–Kier alpha value is -3.12. The molecule has 0 bridgehead atoms. The summed E-state index contributed by atoms with van der Waals surface area (Å²) in [4.78, 5) is 20.3. The number of rotatable bonds is 8. The lowest BCUT2D eigenvalue weighted by Gasteiger charge is -2.13. The number of amides is 1. The average molecular weight is 467 g/mol. The van der Waals surface area contributed by atoms with Gasteiger partial charge in [0.2, 0.25) is 0 Å². The van der Waals surface area contributed by atoms with Gasteiger partial charge in [-0.2, -0.15) is 18.3 Å². The van der Waals surface area contributed by atoms with E-state index in [0.29, 0.717) is 29.0 Å². The summed E-state index contributed by atoms with van der Waals surface area (Å²) in [6, 6.07) is 0.270. The third kappa shape index (κ3) is 5.11. The molecule has 2 N–H and O–H groups in total. The summed E-state index contributed by atoms with van der Waals surface area (Å²) in [5.41, 5.74) is 0.588. The van der Waals surface area contributed by atoms with E-state index in [-0.39, 0.29) is 19.2 Å². The van der Waals surface area contributed by atoms with Gasteiger partial charge >= 0.3 is 6.18 Å². The van der Waals surface area contributed by atoms with Crippen molar-refractivity contribution in [1.82, 2.24) is 24.9 Å². The number of fused-ring (bicyclic) bond motifs is 1. The summed E-state index contributed by atoms with van der Waals surface area (Å²) in [6.45, 7) is 1.35. The largest absolute Gasteiger partial charge is 0.417 e. The van der Waals surface area contributed by atoms with Gasteiger partial charge in [0.15, 0.2) is 5.65 Å². The fourth-order valence-corrected chi connectivity index (χ4v) is 3.40. The van der Waals surface area contributed by atoms with Crippen LogP contribution in [0.5, 0.6) is 0 Å². The van der Waals surface area contributed by atoms with Gasteiger partial charge in [-0.05, 0) is 37.3 Å². The number of aryl methyl sites for hydroxylation is 1. The number of nitrogens with one attached hydrogen (secondary N) is 1. The first-order chi connectivity index (χ1) is 15.6. The normalized spacial score (nSPS) is 15.1. The molecule has 3 aromatic heterocycles. The lowest BCUT2D eigenvalue weighted by atomic mass is 10.2. The molecule has 3 aromatic rings. The first-order valence-corrected chi connectivity index (χ1v) is 10.3. The van der Waals surface area contributed by atoms with Crippen LogP contribution in [0.15, 0.2) is 24.7 Å². The van der Waals surface area contributed by atoms with Crippen molar-refractivity contribution in [1.29, 1.82) is 0 Å². The lowest BCUT2D eigenvalue weighted by molar-refractivity contribution is -0.138. The van der Waals surface area contributed by atoms with E-state index >= 15 is 0 Å². The van der Waals surface area contributed by atoms with Crippen LogP contribution in [0.4, 0.5) is 17.6 Å². The topological polar surface area (TPSA) is 102 Å². The number of alkyl halides is 3. The van der Waals surface area contributed by atoms with Crippen molar-refractivity contribution in [2.75, 3.05) is 19.8 Å². The fraction of sp³-hybridized carbons (Fsp3) is 0.429. The van der Waals surface area contributed by atoms with Crippen LogP contribution >= 0.6 is 0 Å². The predicted molar refractivity (Wildman–Crippen MR) is 107 cm³/mol. The number of pyridine rings is 1. The van der Waals surface area contributed by atoms with Gasteiger partial charge in [-0.3, -0.25) is 9.78 Å². The molecule has 1 aliphatic rings. The van der Waals surface area contributed by atoms with Crippen LogP contribution in [0, 0.1) is 12.7 Å². The van der Waals surface area contributed by atoms with Gasteiger partial charge in [-0.1, -0.05) is 0 Å². The zero-order valence-corrected chi connectivity index (χ0v) is 17.6. The second-order valence-electron chi connectivity index (χ2n) is 7.83. The maximum atomic E-state index is 13.9. The molecule has 33 heavy (non-hydrogen) atoms. The number of halogens is 4. The SMILES string of the molecule is Cc1nn2cc(C3CC3)cnc2c1C(=O)NCCOC[C@@H](O)c1ncc(C(F)(F)F)cc1F. The molecule has 1 saturated carbocycles. The van der Waals surface area contributed by atoms with Crippen LogP contribution in [0.1, 0.15) is 57.7 Å². The Labute approximate surface area is 185 Å². The minimum atomic E-state index is -4.74. The third-order valence-electron chi connectivity index (χ3n) is 5.26. The van der Waals surface area contributed by atoms with Crippen LogP contribution in [0.25, 0.3) is 5.65 Å². The van der Waals surface area contributed by atoms with E-state index < -0.39 is 41.9 Å². The number of carbonyl (C=O) groups is 1. The Morgan fingerprint density at radius 3 is 2.76 bits per heavy atom. The van der Waals surface area contributed by atoms with Crippen LogP contribution < -0.4 is 5.32 Å². The molecule has 1 fully saturated rings. The van der Waals surface area contributed by atoms with Crippen LogP contribution in [-0.4, -0.2) is 50.4 Å². The van der Waals surface area contributed by atoms with Gasteiger partial charge in [-0.15, -0.1) is 0 Å². The Morgan fingerprint density at radius 2 is 2.09 bits per heavy atom. The fourth-order valence-electron chi connectivity index (χ4n) is 3.40. The molecule has 12 heteroatoms. The number of nitrogens with zero attached hydrogens (tertiary/aromatic N) is 4. The molecule has 4 rings (SSSR count). The molecule has 0 unspecified atom stereocenters. The molecule has 1 aliphatic carbocycles. The number of aliphatic hydroxyl groups is 1. The van der Waals surface area contributed by atoms with E-state index in [1.54, 1.807) is 17.6 Å². The van der Waals surface area contributed by atoms with Crippen molar-refractivity contribution in [2.24, 2.45) is 0 Å². The molecule has 1 atom stereocenters. The zero-order valence-electron chi connectivity index (χ0n) is 17.6. The number of aliphatic hydroxyl groups excluding tert-OH is 1. The summed E-state index contributed by atoms with van der Waals surface area (Å²) < 4.78 is 58.4. The van der Waals surface area contributed by atoms with Gasteiger partial charge in [0, 0.05) is 25.1 Å². The van der Waals surface area contributed by atoms with Crippen molar-refractivity contribution < 1.29 is 32.2 Å². The quantitative estimate of drug-likeness (QED) is 0.390. The first-order valence-electron chi connectivity index (χ1n) is 10.3. The van der Waals surface area contributed by atoms with E-state index in [0.717, 1.165) is 18.4 Å². The zero-order chi connectivity index (χ0) is 23.8. The molecule has 1 amide bonds. The smallest absolute Gasteiger partial charge is 0.384 e. The maximum Gasteiger partial charge on any atom is 0.417 e. The minimum absolute atomic E-state index is 0.0252. The maximum absolute atomic E-state index is 13.9. The van der Waals surface area contributed by atoms with E-state index in [1.807, 2.05) is 6.20 Å². The third-order valence-corrected chi connectivity index (χ3v) is 5.26. The summed E-state index contributed by atoms with van der Waals surface area (Å²) in [5.74, 6) is -1.17. The molecule has 8 nitrogen and oxygen atoms in total. The highest BCUT2D eigenvalue weighted by Crippen LogP contribution is 2.39. The second-order valence-corrected chi connectivity index (χ2v) is 7.83. The summed E-state index contributed by atoms with van der Waals surface area (Å²) >= 11 is 0. The van der Waals surface area contributed by atoms with Gasteiger partial charge < -0.3 is 15.2 Å². The highest BCUT2D eigenvalue weighted by Gasteiger charge is 2.32. The van der Waals surface area contributed by atoms with Crippen LogP contribution in [-0.2, 0) is 10.9 Å². The first kappa shape index (κ1) is 23.1. The Morgan fingerprint density at radius 1 is 1.33 bits per heavy atom. The molecule has 0 radical (unpaired) electrons. The molecular formula is C21H21F4N5O3. The number of hydrogen-bond donors (Lipinski definition) is 2. The molecule has 0 saturated heterocycles. The molecular weight excluding hydrogens is 446 g/mol. The van der Waals surface area contributed by atoms with Crippen molar-refractivity contribution in [2.45, 2.75) is 38.0 Å². The van der Waals surface area contributed by atoms with Crippen molar-refractivity contribution in [3.05, 3.63) is 58.6 Å². The Kier molecular flexibility index (Phi) is 6.30. The number of hydrogen-bond acceptors (Lipinski definition) is 6. The van der Waals surface area contributed by atoms with Gasteiger partial charge in [-0.25, -0.2) is 13.9 Å². The monoisotopic (exact) mass is 467 g/mol. The van der Waals surface area contributed by atoms with Gasteiger partial charge in [0.05, 0.1) is 24.5 Å². The minimum Gasteiger partial charge on any atom is -0.384 e. The summed E-state index contributed by atoms with van der Waals surface area (Å²) in [6.07, 6.45) is 0.0260. The number of carbonyl (C=O) groups excluding carboxylic acids is 1.